The molecule has 0 saturated heterocycles. The molecule has 0 unspecified atom stereocenters. The standard InChI is InChI=1S/C51H34N2O/c1-33-21-26-44-43-19-11-12-20-49(43)54-51(44)50(33)53(40-17-9-4-10-18-40)42-25-23-35-30-46-45-29-34-22-24-41(27-36(34)31-47(45)48(46)32-37(35)28-42)52(38-13-5-2-6-14-38)39-15-7-3-8-16-39/h2-32H,1H3. The molecule has 0 fully saturated rings. The van der Waals surface area contributed by atoms with Crippen LogP contribution in [0.3, 0.4) is 0 Å². The summed E-state index contributed by atoms with van der Waals surface area (Å²) in [6, 6.07) is 67.7. The molecule has 54 heavy (non-hydrogen) atoms. The number of fused-ring (bicyclic) bond motifs is 9. The van der Waals surface area contributed by atoms with Gasteiger partial charge in [-0.25, -0.2) is 0 Å². The summed E-state index contributed by atoms with van der Waals surface area (Å²) < 4.78 is 6.62. The first-order chi connectivity index (χ1) is 26.7. The van der Waals surface area contributed by atoms with Crippen molar-refractivity contribution in [2.24, 2.45) is 0 Å². The molecule has 1 heterocycles. The summed E-state index contributed by atoms with van der Waals surface area (Å²) in [6.45, 7) is 2.17. The molecule has 10 aromatic rings. The van der Waals surface area contributed by atoms with Crippen LogP contribution >= 0.6 is 0 Å². The molecule has 0 atom stereocenters. The maximum absolute atomic E-state index is 6.62. The van der Waals surface area contributed by atoms with Gasteiger partial charge in [-0.3, -0.25) is 0 Å². The molecule has 0 saturated carbocycles. The summed E-state index contributed by atoms with van der Waals surface area (Å²) in [5.41, 5.74) is 14.8. The molecular weight excluding hydrogens is 657 g/mol. The van der Waals surface area contributed by atoms with Gasteiger partial charge < -0.3 is 14.2 Å². The Morgan fingerprint density at radius 2 is 0.815 bits per heavy atom. The van der Waals surface area contributed by atoms with E-state index in [9.17, 15) is 0 Å². The first-order valence-corrected chi connectivity index (χ1v) is 18.5. The monoisotopic (exact) mass is 690 g/mol. The van der Waals surface area contributed by atoms with Gasteiger partial charge >= 0.3 is 0 Å². The van der Waals surface area contributed by atoms with Crippen LogP contribution in [0.5, 0.6) is 0 Å². The van der Waals surface area contributed by atoms with Gasteiger partial charge in [-0.1, -0.05) is 97.1 Å². The molecule has 3 nitrogen and oxygen atoms in total. The highest BCUT2D eigenvalue weighted by Crippen LogP contribution is 2.52. The second-order valence-corrected chi connectivity index (χ2v) is 14.2. The van der Waals surface area contributed by atoms with Gasteiger partial charge in [-0.15, -0.1) is 0 Å². The van der Waals surface area contributed by atoms with E-state index in [1.54, 1.807) is 0 Å². The van der Waals surface area contributed by atoms with Crippen LogP contribution in [0.15, 0.2) is 192 Å². The van der Waals surface area contributed by atoms with Gasteiger partial charge in [0.1, 0.15) is 5.58 Å². The van der Waals surface area contributed by atoms with Crippen LogP contribution in [0.25, 0.3) is 65.7 Å². The zero-order valence-electron chi connectivity index (χ0n) is 29.7. The Labute approximate surface area is 313 Å². The number of anilines is 6. The number of para-hydroxylation sites is 4. The quantitative estimate of drug-likeness (QED) is 0.173. The number of aryl methyl sites for hydroxylation is 1. The second kappa shape index (κ2) is 12.0. The van der Waals surface area contributed by atoms with E-state index in [2.05, 4.69) is 199 Å². The van der Waals surface area contributed by atoms with Crippen LogP contribution < -0.4 is 9.80 Å². The minimum absolute atomic E-state index is 0.899. The lowest BCUT2D eigenvalue weighted by atomic mass is 9.78. The van der Waals surface area contributed by atoms with Crippen molar-refractivity contribution in [3.05, 3.63) is 194 Å². The average Bonchev–Trinajstić information content (AvgIpc) is 3.60. The number of rotatable bonds is 6. The zero-order chi connectivity index (χ0) is 35.8. The van der Waals surface area contributed by atoms with E-state index in [0.717, 1.165) is 61.6 Å². The van der Waals surface area contributed by atoms with Crippen molar-refractivity contribution in [1.29, 1.82) is 0 Å². The van der Waals surface area contributed by atoms with E-state index >= 15 is 0 Å². The van der Waals surface area contributed by atoms with Crippen molar-refractivity contribution < 1.29 is 4.42 Å². The minimum Gasteiger partial charge on any atom is -0.454 e. The fraction of sp³-hybridized carbons (Fsp3) is 0.0196. The zero-order valence-corrected chi connectivity index (χ0v) is 29.7. The number of benzene rings is 9. The Kier molecular flexibility index (Phi) is 6.77. The number of nitrogens with zero attached hydrogens (tertiary/aromatic N) is 2. The minimum atomic E-state index is 0.899. The Morgan fingerprint density at radius 1 is 0.352 bits per heavy atom. The van der Waals surface area contributed by atoms with Gasteiger partial charge in [0, 0.05) is 39.2 Å². The SMILES string of the molecule is Cc1ccc2c(oc3ccccc32)c1N(c1ccccc1)c1ccc2cc3c(cc2c1)-c1cc2cc(N(c4ccccc4)c4ccccc4)ccc2cc1-3. The fourth-order valence-corrected chi connectivity index (χ4v) is 8.41. The van der Waals surface area contributed by atoms with E-state index in [-0.39, 0.29) is 0 Å². The molecule has 0 spiro atoms. The van der Waals surface area contributed by atoms with Crippen molar-refractivity contribution >= 4 is 77.6 Å². The summed E-state index contributed by atoms with van der Waals surface area (Å²) in [7, 11) is 0. The smallest absolute Gasteiger partial charge is 0.159 e. The van der Waals surface area contributed by atoms with Gasteiger partial charge in [0.2, 0.25) is 0 Å². The summed E-state index contributed by atoms with van der Waals surface area (Å²) in [4.78, 5) is 4.68. The predicted molar refractivity (Wildman–Crippen MR) is 227 cm³/mol. The van der Waals surface area contributed by atoms with E-state index in [0.29, 0.717) is 0 Å². The van der Waals surface area contributed by atoms with E-state index in [1.165, 1.54) is 43.8 Å². The van der Waals surface area contributed by atoms with Crippen LogP contribution in [0.1, 0.15) is 5.56 Å². The van der Waals surface area contributed by atoms with Crippen molar-refractivity contribution in [1.82, 2.24) is 0 Å². The first kappa shape index (κ1) is 30.5. The molecule has 254 valence electrons. The fourth-order valence-electron chi connectivity index (χ4n) is 8.41. The molecular formula is C51H34N2O. The molecule has 11 rings (SSSR count). The van der Waals surface area contributed by atoms with Crippen LogP contribution in [0, 0.1) is 6.92 Å². The molecule has 0 N–H and O–H groups in total. The van der Waals surface area contributed by atoms with Crippen molar-refractivity contribution in [3.8, 4) is 22.3 Å². The molecule has 0 bridgehead atoms. The van der Waals surface area contributed by atoms with Crippen LogP contribution in [-0.4, -0.2) is 0 Å². The Balaban J connectivity index is 1.03. The summed E-state index contributed by atoms with van der Waals surface area (Å²) in [5.74, 6) is 0. The highest BCUT2D eigenvalue weighted by Gasteiger charge is 2.26. The van der Waals surface area contributed by atoms with Gasteiger partial charge in [0.25, 0.3) is 0 Å². The maximum atomic E-state index is 6.62. The lowest BCUT2D eigenvalue weighted by Crippen LogP contribution is -2.11. The lowest BCUT2D eigenvalue weighted by molar-refractivity contribution is 0.668. The van der Waals surface area contributed by atoms with Crippen LogP contribution in [-0.2, 0) is 0 Å². The third-order valence-electron chi connectivity index (χ3n) is 11.0. The third-order valence-corrected chi connectivity index (χ3v) is 11.0. The topological polar surface area (TPSA) is 19.6 Å². The number of hydrogen-bond donors (Lipinski definition) is 0. The average molecular weight is 691 g/mol. The largest absolute Gasteiger partial charge is 0.454 e. The lowest BCUT2D eigenvalue weighted by Gasteiger charge is -2.29. The van der Waals surface area contributed by atoms with Gasteiger partial charge in [-0.05, 0) is 147 Å². The molecule has 0 aliphatic heterocycles. The van der Waals surface area contributed by atoms with E-state index in [4.69, 9.17) is 4.42 Å². The molecule has 1 aromatic heterocycles. The third kappa shape index (κ3) is 4.76. The van der Waals surface area contributed by atoms with Crippen LogP contribution in [0.2, 0.25) is 0 Å². The van der Waals surface area contributed by atoms with Gasteiger partial charge in [0.15, 0.2) is 5.58 Å². The first-order valence-electron chi connectivity index (χ1n) is 18.5. The second-order valence-electron chi connectivity index (χ2n) is 14.2. The normalized spacial score (nSPS) is 11.8. The summed E-state index contributed by atoms with van der Waals surface area (Å²) in [5, 5.41) is 7.16. The van der Waals surface area contributed by atoms with Gasteiger partial charge in [-0.2, -0.15) is 0 Å². The van der Waals surface area contributed by atoms with Crippen LogP contribution in [0.4, 0.5) is 34.1 Å². The van der Waals surface area contributed by atoms with Crippen molar-refractivity contribution in [3.63, 3.8) is 0 Å². The van der Waals surface area contributed by atoms with Crippen molar-refractivity contribution in [2.45, 2.75) is 6.92 Å². The van der Waals surface area contributed by atoms with Crippen molar-refractivity contribution in [2.75, 3.05) is 9.80 Å². The highest BCUT2D eigenvalue weighted by molar-refractivity contribution is 6.14. The van der Waals surface area contributed by atoms with E-state index in [1.807, 2.05) is 6.07 Å². The predicted octanol–water partition coefficient (Wildman–Crippen LogP) is 14.8. The highest BCUT2D eigenvalue weighted by atomic mass is 16.3. The molecule has 3 heteroatoms. The van der Waals surface area contributed by atoms with Gasteiger partial charge in [0.05, 0.1) is 5.69 Å². The molecule has 1 aliphatic carbocycles. The summed E-state index contributed by atoms with van der Waals surface area (Å²) >= 11 is 0. The van der Waals surface area contributed by atoms with E-state index < -0.39 is 0 Å². The number of furan rings is 1. The molecule has 0 amide bonds. The Hall–Kier alpha value is -7.10. The Bertz CT molecular complexity index is 3020. The maximum Gasteiger partial charge on any atom is 0.159 e. The molecule has 0 radical (unpaired) electrons. The molecule has 1 aliphatic rings. The number of hydrogen-bond acceptors (Lipinski definition) is 3. The Morgan fingerprint density at radius 3 is 1.37 bits per heavy atom. The molecule has 9 aromatic carbocycles. The summed E-state index contributed by atoms with van der Waals surface area (Å²) in [6.07, 6.45) is 0.